The molecule has 4 nitrogen and oxygen atoms in total. The number of fused-ring (bicyclic) bond motifs is 3. The third kappa shape index (κ3) is 3.92. The van der Waals surface area contributed by atoms with E-state index in [2.05, 4.69) is 67.7 Å². The van der Waals surface area contributed by atoms with E-state index in [-0.39, 0.29) is 31.6 Å². The molecular formula is C28H24IrNO3Si-. The van der Waals surface area contributed by atoms with Crippen LogP contribution in [0, 0.1) is 6.07 Å². The third-order valence-electron chi connectivity index (χ3n) is 6.19. The number of allylic oxidation sites excluding steroid dienone is 2. The maximum Gasteiger partial charge on any atom is 0.155 e. The zero-order valence-electron chi connectivity index (χ0n) is 19.4. The second-order valence-corrected chi connectivity index (χ2v) is 13.3. The van der Waals surface area contributed by atoms with Crippen LogP contribution in [0.3, 0.4) is 0 Å². The first-order valence-electron chi connectivity index (χ1n) is 10.9. The van der Waals surface area contributed by atoms with Gasteiger partial charge in [0.15, 0.2) is 5.78 Å². The molecule has 0 unspecified atom stereocenters. The maximum absolute atomic E-state index is 10.0. The average molecular weight is 643 g/mol. The normalized spacial score (nSPS) is 13.7. The second-order valence-electron chi connectivity index (χ2n) is 8.98. The van der Waals surface area contributed by atoms with Gasteiger partial charge in [-0.1, -0.05) is 59.6 Å². The summed E-state index contributed by atoms with van der Waals surface area (Å²) in [5, 5.41) is 16.0. The van der Waals surface area contributed by atoms with E-state index in [4.69, 9.17) is 14.5 Å². The molecule has 6 heteroatoms. The van der Waals surface area contributed by atoms with Crippen LogP contribution in [-0.2, 0) is 24.9 Å². The predicted octanol–water partition coefficient (Wildman–Crippen LogP) is 5.77. The molecule has 0 spiro atoms. The second kappa shape index (κ2) is 8.95. The van der Waals surface area contributed by atoms with Gasteiger partial charge in [-0.2, -0.15) is 0 Å². The molecule has 1 aliphatic rings. The van der Waals surface area contributed by atoms with Gasteiger partial charge in [-0.25, -0.2) is 0 Å². The summed E-state index contributed by atoms with van der Waals surface area (Å²) in [6, 6.07) is 23.0. The quantitative estimate of drug-likeness (QED) is 0.109. The van der Waals surface area contributed by atoms with Crippen molar-refractivity contribution in [3.8, 4) is 11.3 Å². The van der Waals surface area contributed by atoms with Crippen molar-refractivity contribution in [3.05, 3.63) is 78.7 Å². The fourth-order valence-corrected chi connectivity index (χ4v) is 7.76. The summed E-state index contributed by atoms with van der Waals surface area (Å²) in [4.78, 5) is 14.8. The Kier molecular flexibility index (Phi) is 6.34. The van der Waals surface area contributed by atoms with E-state index in [9.17, 15) is 4.79 Å². The number of rotatable bonds is 1. The number of aliphatic hydroxyl groups is 1. The number of pyridine rings is 1. The monoisotopic (exact) mass is 643 g/mol. The van der Waals surface area contributed by atoms with Gasteiger partial charge in [0.05, 0.1) is 13.8 Å². The van der Waals surface area contributed by atoms with Crippen LogP contribution in [0.2, 0.25) is 13.1 Å². The fraction of sp³-hybridized carbons (Fsp3) is 0.143. The van der Waals surface area contributed by atoms with E-state index in [1.165, 1.54) is 41.1 Å². The van der Waals surface area contributed by atoms with Crippen LogP contribution < -0.4 is 10.4 Å². The molecule has 6 rings (SSSR count). The van der Waals surface area contributed by atoms with Gasteiger partial charge in [-0.15, -0.1) is 28.8 Å². The summed E-state index contributed by atoms with van der Waals surface area (Å²) in [6.07, 6.45) is 3.02. The molecule has 3 aromatic carbocycles. The first-order valence-corrected chi connectivity index (χ1v) is 13.9. The van der Waals surface area contributed by atoms with Crippen molar-refractivity contribution in [1.29, 1.82) is 0 Å². The Bertz CT molecular complexity index is 1600. The third-order valence-corrected chi connectivity index (χ3v) is 9.70. The van der Waals surface area contributed by atoms with Crippen LogP contribution in [0.4, 0.5) is 0 Å². The Hall–Kier alpha value is -3.05. The molecule has 0 saturated heterocycles. The van der Waals surface area contributed by atoms with Crippen molar-refractivity contribution >= 4 is 56.9 Å². The number of ketones is 1. The first kappa shape index (κ1) is 24.1. The number of carbonyl (C=O) groups is 1. The van der Waals surface area contributed by atoms with E-state index in [1.807, 2.05) is 12.3 Å². The molecule has 2 aromatic heterocycles. The predicted molar refractivity (Wildman–Crippen MR) is 137 cm³/mol. The van der Waals surface area contributed by atoms with E-state index in [0.717, 1.165) is 33.2 Å². The van der Waals surface area contributed by atoms with Gasteiger partial charge in [0.2, 0.25) is 0 Å². The summed E-state index contributed by atoms with van der Waals surface area (Å²) < 4.78 is 6.17. The summed E-state index contributed by atoms with van der Waals surface area (Å²) in [7, 11) is -1.95. The van der Waals surface area contributed by atoms with Crippen molar-refractivity contribution in [2.24, 2.45) is 0 Å². The van der Waals surface area contributed by atoms with Gasteiger partial charge in [0.25, 0.3) is 0 Å². The molecule has 173 valence electrons. The number of furan rings is 1. The van der Waals surface area contributed by atoms with E-state index < -0.39 is 8.07 Å². The molecule has 5 aromatic rings. The minimum atomic E-state index is -1.95. The largest absolute Gasteiger partial charge is 0.512 e. The zero-order chi connectivity index (χ0) is 23.3. The number of hydrogen-bond acceptors (Lipinski definition) is 4. The van der Waals surface area contributed by atoms with Crippen LogP contribution in [0.25, 0.3) is 44.0 Å². The number of aromatic nitrogens is 1. The Balaban J connectivity index is 0.000000303. The number of carbonyl (C=O) groups excluding carboxylic acids is 1. The van der Waals surface area contributed by atoms with Gasteiger partial charge in [0.1, 0.15) is 11.2 Å². The van der Waals surface area contributed by atoms with Crippen molar-refractivity contribution in [1.82, 2.24) is 4.98 Å². The summed E-state index contributed by atoms with van der Waals surface area (Å²) in [5.41, 5.74) is 4.03. The fourth-order valence-electron chi connectivity index (χ4n) is 4.76. The molecule has 1 radical (unpaired) electrons. The van der Waals surface area contributed by atoms with Crippen LogP contribution in [0.1, 0.15) is 13.8 Å². The van der Waals surface area contributed by atoms with Crippen LogP contribution in [0.15, 0.2) is 77.0 Å². The molecule has 1 aliphatic heterocycles. The topological polar surface area (TPSA) is 63.3 Å². The van der Waals surface area contributed by atoms with Crippen LogP contribution >= 0.6 is 0 Å². The number of aliphatic hydroxyl groups excluding tert-OH is 1. The molecule has 1 N–H and O–H groups in total. The van der Waals surface area contributed by atoms with Gasteiger partial charge in [-0.3, -0.25) is 9.78 Å². The Morgan fingerprint density at radius 3 is 2.44 bits per heavy atom. The van der Waals surface area contributed by atoms with Crippen molar-refractivity contribution in [2.45, 2.75) is 26.9 Å². The van der Waals surface area contributed by atoms with Gasteiger partial charge < -0.3 is 9.52 Å². The average Bonchev–Trinajstić information content (AvgIpc) is 3.13. The Labute approximate surface area is 212 Å². The standard InChI is InChI=1S/C23H16NOSi.C5H8O2.Ir/c1-26(2)19-9-5-8-17-21(19)22-18(25-17)10-11-24-23(22)16-12-14-6-3-4-7-15(14)13-20(16)26;1-4(6)3-5(2)7;/h3-11,13H,1-2H3;3,6H,1-2H3;/q-1;;/b;4-3-;. The number of hydrogen-bond donors (Lipinski definition) is 1. The van der Waals surface area contributed by atoms with Crippen molar-refractivity contribution in [3.63, 3.8) is 0 Å². The van der Waals surface area contributed by atoms with Gasteiger partial charge in [0, 0.05) is 48.8 Å². The zero-order valence-corrected chi connectivity index (χ0v) is 22.8. The molecule has 0 fully saturated rings. The van der Waals surface area contributed by atoms with Crippen LogP contribution in [0.5, 0.6) is 0 Å². The van der Waals surface area contributed by atoms with E-state index in [0.29, 0.717) is 0 Å². The molecule has 0 bridgehead atoms. The molecule has 0 amide bonds. The maximum atomic E-state index is 10.0. The van der Waals surface area contributed by atoms with Crippen LogP contribution in [-0.4, -0.2) is 23.9 Å². The number of nitrogens with zero attached hydrogens (tertiary/aromatic N) is 1. The van der Waals surface area contributed by atoms with E-state index in [1.54, 1.807) is 0 Å². The SMILES string of the molecule is CC(=O)/C=C(/C)O.C[Si]1(C)c2cc3ccccc3[c-]c2-c2nccc3oc4cccc1c4c23.[Ir]. The van der Waals surface area contributed by atoms with Gasteiger partial charge in [-0.05, 0) is 26.0 Å². The first-order chi connectivity index (χ1) is 15.8. The molecule has 0 aliphatic carbocycles. The van der Waals surface area contributed by atoms with Crippen molar-refractivity contribution in [2.75, 3.05) is 0 Å². The molecule has 3 heterocycles. The molecular weight excluding hydrogens is 619 g/mol. The minimum absolute atomic E-state index is 0. The minimum Gasteiger partial charge on any atom is -0.512 e. The Morgan fingerprint density at radius 2 is 1.74 bits per heavy atom. The molecule has 34 heavy (non-hydrogen) atoms. The smallest absolute Gasteiger partial charge is 0.155 e. The number of benzene rings is 3. The molecule has 0 atom stereocenters. The summed E-state index contributed by atoms with van der Waals surface area (Å²) in [5.74, 6) is -0.0625. The van der Waals surface area contributed by atoms with E-state index >= 15 is 0 Å². The summed E-state index contributed by atoms with van der Waals surface area (Å²) >= 11 is 0. The molecule has 0 saturated carbocycles. The van der Waals surface area contributed by atoms with Gasteiger partial charge >= 0.3 is 0 Å². The summed E-state index contributed by atoms with van der Waals surface area (Å²) in [6.45, 7) is 7.70. The Morgan fingerprint density at radius 1 is 1.00 bits per heavy atom. The van der Waals surface area contributed by atoms with Crippen molar-refractivity contribution < 1.29 is 34.4 Å².